The number of benzene rings is 1. The molecule has 0 radical (unpaired) electrons. The van der Waals surface area contributed by atoms with Crippen LogP contribution in [0.2, 0.25) is 0 Å². The smallest absolute Gasteiger partial charge is 0.242 e. The van der Waals surface area contributed by atoms with E-state index in [1.54, 1.807) is 0 Å². The van der Waals surface area contributed by atoms with E-state index in [1.165, 1.54) is 38.4 Å². The van der Waals surface area contributed by atoms with Gasteiger partial charge in [-0.1, -0.05) is 12.1 Å². The topological polar surface area (TPSA) is 71.5 Å². The van der Waals surface area contributed by atoms with Gasteiger partial charge in [0.1, 0.15) is 6.29 Å². The Bertz CT molecular complexity index is 517. The molecule has 1 aromatic carbocycles. The average molecular weight is 255 g/mol. The Balaban J connectivity index is 3.04. The normalized spacial score (nSPS) is 11.5. The summed E-state index contributed by atoms with van der Waals surface area (Å²) in [7, 11) is -0.616. The quantitative estimate of drug-likeness (QED) is 0.441. The van der Waals surface area contributed by atoms with Crippen molar-refractivity contribution in [2.75, 3.05) is 14.1 Å². The molecule has 0 atom stereocenters. The van der Waals surface area contributed by atoms with E-state index in [0.717, 1.165) is 4.31 Å². The fourth-order valence-electron chi connectivity index (χ4n) is 1.22. The molecule has 0 aliphatic heterocycles. The van der Waals surface area contributed by atoms with Crippen LogP contribution in [0, 0.1) is 0 Å². The standard InChI is InChI=1S/C11H13NO4S/c1-12(2)17(15,16)10-5-3-9(4-6-10)11(14)7-8-13/h3-6,8H,7H2,1-2H3. The summed E-state index contributed by atoms with van der Waals surface area (Å²) in [5.74, 6) is -0.325. The molecule has 0 saturated heterocycles. The number of carbonyl (C=O) groups is 2. The molecular formula is C11H13NO4S. The number of rotatable bonds is 5. The third-order valence-electron chi connectivity index (χ3n) is 2.22. The number of aldehydes is 1. The van der Waals surface area contributed by atoms with Gasteiger partial charge in [-0.3, -0.25) is 4.79 Å². The van der Waals surface area contributed by atoms with Gasteiger partial charge >= 0.3 is 0 Å². The van der Waals surface area contributed by atoms with E-state index in [9.17, 15) is 18.0 Å². The van der Waals surface area contributed by atoms with Crippen LogP contribution in [0.1, 0.15) is 16.8 Å². The predicted octanol–water partition coefficient (Wildman–Crippen LogP) is 0.709. The Labute approximate surface area is 100 Å². The lowest BCUT2D eigenvalue weighted by atomic mass is 10.1. The van der Waals surface area contributed by atoms with Gasteiger partial charge in [0.15, 0.2) is 5.78 Å². The van der Waals surface area contributed by atoms with Gasteiger partial charge in [0, 0.05) is 19.7 Å². The van der Waals surface area contributed by atoms with Crippen LogP contribution in [0.15, 0.2) is 29.2 Å². The maximum absolute atomic E-state index is 11.7. The SMILES string of the molecule is CN(C)S(=O)(=O)c1ccc(C(=O)CC=O)cc1. The van der Waals surface area contributed by atoms with Gasteiger partial charge in [-0.25, -0.2) is 12.7 Å². The summed E-state index contributed by atoms with van der Waals surface area (Å²) >= 11 is 0. The van der Waals surface area contributed by atoms with E-state index in [0.29, 0.717) is 11.8 Å². The molecule has 0 aliphatic rings. The van der Waals surface area contributed by atoms with Crippen molar-refractivity contribution in [3.63, 3.8) is 0 Å². The first-order valence-electron chi connectivity index (χ1n) is 4.89. The molecule has 92 valence electrons. The Morgan fingerprint density at radius 3 is 2.18 bits per heavy atom. The summed E-state index contributed by atoms with van der Waals surface area (Å²) in [6.45, 7) is 0. The molecule has 1 rings (SSSR count). The molecule has 17 heavy (non-hydrogen) atoms. The van der Waals surface area contributed by atoms with E-state index >= 15 is 0 Å². The first kappa shape index (κ1) is 13.5. The molecule has 6 heteroatoms. The van der Waals surface area contributed by atoms with Crippen molar-refractivity contribution in [2.45, 2.75) is 11.3 Å². The van der Waals surface area contributed by atoms with Gasteiger partial charge in [-0.15, -0.1) is 0 Å². The van der Waals surface area contributed by atoms with Crippen molar-refractivity contribution in [1.29, 1.82) is 0 Å². The fourth-order valence-corrected chi connectivity index (χ4v) is 2.12. The molecule has 0 unspecified atom stereocenters. The van der Waals surface area contributed by atoms with Gasteiger partial charge < -0.3 is 4.79 Å². The Kier molecular flexibility index (Phi) is 4.14. The van der Waals surface area contributed by atoms with Crippen molar-refractivity contribution in [3.05, 3.63) is 29.8 Å². The minimum absolute atomic E-state index is 0.116. The molecule has 0 N–H and O–H groups in total. The molecule has 0 aromatic heterocycles. The van der Waals surface area contributed by atoms with Crippen LogP contribution in [0.4, 0.5) is 0 Å². The van der Waals surface area contributed by atoms with Gasteiger partial charge in [0.25, 0.3) is 0 Å². The highest BCUT2D eigenvalue weighted by Crippen LogP contribution is 2.14. The highest BCUT2D eigenvalue weighted by molar-refractivity contribution is 7.89. The molecule has 0 bridgehead atoms. The average Bonchev–Trinajstić information content (AvgIpc) is 2.29. The number of hydrogen-bond donors (Lipinski definition) is 0. The van der Waals surface area contributed by atoms with Gasteiger partial charge in [-0.2, -0.15) is 0 Å². The second-order valence-corrected chi connectivity index (χ2v) is 5.76. The number of nitrogens with zero attached hydrogens (tertiary/aromatic N) is 1. The van der Waals surface area contributed by atoms with Crippen LogP contribution in [0.5, 0.6) is 0 Å². The Hall–Kier alpha value is -1.53. The second kappa shape index (κ2) is 5.20. The van der Waals surface area contributed by atoms with E-state index in [1.807, 2.05) is 0 Å². The Morgan fingerprint density at radius 2 is 1.76 bits per heavy atom. The van der Waals surface area contributed by atoms with Crippen molar-refractivity contribution in [1.82, 2.24) is 4.31 Å². The Morgan fingerprint density at radius 1 is 1.24 bits per heavy atom. The van der Waals surface area contributed by atoms with Gasteiger partial charge in [0.2, 0.25) is 10.0 Å². The first-order chi connectivity index (χ1) is 7.89. The minimum atomic E-state index is -3.48. The van der Waals surface area contributed by atoms with Crippen molar-refractivity contribution >= 4 is 22.1 Å². The number of ketones is 1. The maximum atomic E-state index is 11.7. The predicted molar refractivity (Wildman–Crippen MR) is 62.3 cm³/mol. The molecule has 0 amide bonds. The van der Waals surface area contributed by atoms with E-state index in [2.05, 4.69) is 0 Å². The van der Waals surface area contributed by atoms with Crippen LogP contribution >= 0.6 is 0 Å². The molecule has 5 nitrogen and oxygen atoms in total. The monoisotopic (exact) mass is 255 g/mol. The highest BCUT2D eigenvalue weighted by Gasteiger charge is 2.17. The molecular weight excluding hydrogens is 242 g/mol. The summed E-state index contributed by atoms with van der Waals surface area (Å²) in [6, 6.07) is 5.52. The van der Waals surface area contributed by atoms with Gasteiger partial charge in [0.05, 0.1) is 11.3 Å². The molecule has 0 spiro atoms. The summed E-state index contributed by atoms with van der Waals surface area (Å²) in [5, 5.41) is 0. The molecule has 0 saturated carbocycles. The third kappa shape index (κ3) is 2.98. The van der Waals surface area contributed by atoms with Crippen LogP contribution in [-0.2, 0) is 14.8 Å². The minimum Gasteiger partial charge on any atom is -0.303 e. The number of carbonyl (C=O) groups excluding carboxylic acids is 2. The summed E-state index contributed by atoms with van der Waals surface area (Å²) < 4.78 is 24.5. The third-order valence-corrected chi connectivity index (χ3v) is 4.05. The van der Waals surface area contributed by atoms with Crippen molar-refractivity contribution in [3.8, 4) is 0 Å². The van der Waals surface area contributed by atoms with E-state index in [4.69, 9.17) is 0 Å². The van der Waals surface area contributed by atoms with Crippen LogP contribution in [0.25, 0.3) is 0 Å². The second-order valence-electron chi connectivity index (χ2n) is 3.61. The fraction of sp³-hybridized carbons (Fsp3) is 0.273. The number of Topliss-reactive ketones (excluding diaryl/α,β-unsaturated/α-hetero) is 1. The summed E-state index contributed by atoms with van der Waals surface area (Å²) in [6.07, 6.45) is 0.326. The lowest BCUT2D eigenvalue weighted by Gasteiger charge is -2.11. The van der Waals surface area contributed by atoms with Crippen LogP contribution in [-0.4, -0.2) is 38.9 Å². The van der Waals surface area contributed by atoms with Crippen molar-refractivity contribution < 1.29 is 18.0 Å². The van der Waals surface area contributed by atoms with Crippen LogP contribution < -0.4 is 0 Å². The highest BCUT2D eigenvalue weighted by atomic mass is 32.2. The number of hydrogen-bond acceptors (Lipinski definition) is 4. The molecule has 0 aliphatic carbocycles. The molecule has 0 fully saturated rings. The number of sulfonamides is 1. The van der Waals surface area contributed by atoms with Crippen LogP contribution in [0.3, 0.4) is 0 Å². The summed E-state index contributed by atoms with van der Waals surface area (Å²) in [4.78, 5) is 21.6. The van der Waals surface area contributed by atoms with E-state index < -0.39 is 10.0 Å². The lowest BCUT2D eigenvalue weighted by Crippen LogP contribution is -2.22. The lowest BCUT2D eigenvalue weighted by molar-refractivity contribution is -0.107. The largest absolute Gasteiger partial charge is 0.303 e. The zero-order valence-electron chi connectivity index (χ0n) is 9.58. The zero-order valence-corrected chi connectivity index (χ0v) is 10.4. The molecule has 0 heterocycles. The first-order valence-corrected chi connectivity index (χ1v) is 6.33. The zero-order chi connectivity index (χ0) is 13.1. The summed E-state index contributed by atoms with van der Waals surface area (Å²) in [5.41, 5.74) is 0.329. The van der Waals surface area contributed by atoms with Crippen molar-refractivity contribution in [2.24, 2.45) is 0 Å². The van der Waals surface area contributed by atoms with E-state index in [-0.39, 0.29) is 17.1 Å². The van der Waals surface area contributed by atoms with Gasteiger partial charge in [-0.05, 0) is 12.1 Å². The molecule has 1 aromatic rings. The maximum Gasteiger partial charge on any atom is 0.242 e.